The zero-order valence-corrected chi connectivity index (χ0v) is 12.8. The quantitative estimate of drug-likeness (QED) is 0.861. The molecule has 0 spiro atoms. The van der Waals surface area contributed by atoms with E-state index in [-0.39, 0.29) is 21.3 Å². The molecule has 0 aliphatic rings. The molecule has 0 saturated heterocycles. The van der Waals surface area contributed by atoms with Gasteiger partial charge in [-0.05, 0) is 24.3 Å². The lowest BCUT2D eigenvalue weighted by Crippen LogP contribution is -2.15. The number of methoxy groups -OCH3 is 1. The zero-order chi connectivity index (χ0) is 16.3. The summed E-state index contributed by atoms with van der Waals surface area (Å²) < 4.78 is 44.5. The third-order valence-electron chi connectivity index (χ3n) is 2.64. The summed E-state index contributed by atoms with van der Waals surface area (Å²) in [5, 5.41) is -0.0808. The molecule has 0 fully saturated rings. The van der Waals surface area contributed by atoms with Gasteiger partial charge in [0.05, 0.1) is 12.1 Å². The Morgan fingerprint density at radius 2 is 2.05 bits per heavy atom. The van der Waals surface area contributed by atoms with Gasteiger partial charge in [-0.1, -0.05) is 17.7 Å². The second-order valence-electron chi connectivity index (χ2n) is 4.07. The van der Waals surface area contributed by atoms with E-state index in [4.69, 9.17) is 11.6 Å². The highest BCUT2D eigenvalue weighted by Crippen LogP contribution is 2.27. The van der Waals surface area contributed by atoms with E-state index in [1.807, 2.05) is 4.72 Å². The van der Waals surface area contributed by atoms with Crippen LogP contribution in [0, 0.1) is 5.82 Å². The van der Waals surface area contributed by atoms with Crippen molar-refractivity contribution in [1.29, 1.82) is 0 Å². The van der Waals surface area contributed by atoms with Crippen LogP contribution < -0.4 is 4.72 Å². The molecule has 0 saturated carbocycles. The van der Waals surface area contributed by atoms with Crippen LogP contribution >= 0.6 is 11.6 Å². The lowest BCUT2D eigenvalue weighted by molar-refractivity contribution is 0.0594. The summed E-state index contributed by atoms with van der Waals surface area (Å²) in [5.74, 6) is -1.51. The first-order chi connectivity index (χ1) is 10.3. The van der Waals surface area contributed by atoms with Crippen molar-refractivity contribution in [3.05, 3.63) is 53.1 Å². The van der Waals surface area contributed by atoms with Crippen LogP contribution in [0.5, 0.6) is 0 Å². The Labute approximate surface area is 130 Å². The Kier molecular flexibility index (Phi) is 4.62. The lowest BCUT2D eigenvalue weighted by Gasteiger charge is -2.10. The molecule has 0 unspecified atom stereocenters. The maximum atomic E-state index is 13.6. The number of para-hydroxylation sites is 1. The van der Waals surface area contributed by atoms with Crippen LogP contribution in [0.1, 0.15) is 10.5 Å². The average molecular weight is 345 g/mol. The van der Waals surface area contributed by atoms with Crippen molar-refractivity contribution < 1.29 is 22.3 Å². The van der Waals surface area contributed by atoms with Crippen molar-refractivity contribution in [2.45, 2.75) is 4.90 Å². The summed E-state index contributed by atoms with van der Waals surface area (Å²) in [6.45, 7) is 0. The first-order valence-electron chi connectivity index (χ1n) is 5.86. The number of pyridine rings is 1. The van der Waals surface area contributed by atoms with Gasteiger partial charge in [0.25, 0.3) is 10.0 Å². The highest BCUT2D eigenvalue weighted by Gasteiger charge is 2.19. The van der Waals surface area contributed by atoms with E-state index in [0.717, 1.165) is 18.3 Å². The van der Waals surface area contributed by atoms with Crippen LogP contribution in [-0.2, 0) is 14.8 Å². The van der Waals surface area contributed by atoms with E-state index in [1.165, 1.54) is 25.3 Å². The number of anilines is 1. The van der Waals surface area contributed by atoms with Gasteiger partial charge in [-0.2, -0.15) is 0 Å². The fourth-order valence-electron chi connectivity index (χ4n) is 1.55. The Morgan fingerprint density at radius 3 is 2.59 bits per heavy atom. The molecular formula is C13H10ClFN2O4S. The summed E-state index contributed by atoms with van der Waals surface area (Å²) in [6, 6.07) is 6.10. The number of nitrogens with zero attached hydrogens (tertiary/aromatic N) is 1. The van der Waals surface area contributed by atoms with Gasteiger partial charge < -0.3 is 4.74 Å². The highest BCUT2D eigenvalue weighted by atomic mass is 35.5. The molecule has 0 amide bonds. The van der Waals surface area contributed by atoms with Gasteiger partial charge in [0, 0.05) is 6.20 Å². The van der Waals surface area contributed by atoms with Crippen molar-refractivity contribution in [3.8, 4) is 0 Å². The van der Waals surface area contributed by atoms with E-state index < -0.39 is 21.8 Å². The molecule has 1 N–H and O–H groups in total. The van der Waals surface area contributed by atoms with Gasteiger partial charge in [-0.25, -0.2) is 22.6 Å². The Hall–Kier alpha value is -2.19. The summed E-state index contributed by atoms with van der Waals surface area (Å²) in [6.07, 6.45) is 0.962. The number of sulfonamides is 1. The standard InChI is InChI=1S/C13H10ClFN2O4S/c1-21-13(18)11-6-5-8(7-16-11)22(19,20)17-12-9(14)3-2-4-10(12)15/h2-7,17H,1H3. The second-order valence-corrected chi connectivity index (χ2v) is 6.16. The molecule has 0 atom stereocenters. The van der Waals surface area contributed by atoms with E-state index in [2.05, 4.69) is 9.72 Å². The summed E-state index contributed by atoms with van der Waals surface area (Å²) in [4.78, 5) is 14.7. The number of aromatic nitrogens is 1. The monoisotopic (exact) mass is 344 g/mol. The smallest absolute Gasteiger partial charge is 0.356 e. The predicted molar refractivity (Wildman–Crippen MR) is 77.8 cm³/mol. The molecule has 6 nitrogen and oxygen atoms in total. The molecule has 0 aliphatic heterocycles. The Morgan fingerprint density at radius 1 is 1.32 bits per heavy atom. The third-order valence-corrected chi connectivity index (χ3v) is 4.29. The largest absolute Gasteiger partial charge is 0.464 e. The molecule has 1 aromatic heterocycles. The number of halogens is 2. The molecule has 116 valence electrons. The van der Waals surface area contributed by atoms with Crippen molar-refractivity contribution in [1.82, 2.24) is 4.98 Å². The van der Waals surface area contributed by atoms with Crippen LogP contribution in [0.3, 0.4) is 0 Å². The molecule has 9 heteroatoms. The molecule has 2 rings (SSSR count). The molecule has 2 aromatic rings. The third kappa shape index (κ3) is 3.34. The Balaban J connectivity index is 2.33. The number of hydrogen-bond donors (Lipinski definition) is 1. The number of carbonyl (C=O) groups excluding carboxylic acids is 1. The van der Waals surface area contributed by atoms with Crippen LogP contribution in [0.15, 0.2) is 41.4 Å². The topological polar surface area (TPSA) is 85.4 Å². The number of nitrogens with one attached hydrogen (secondary N) is 1. The number of rotatable bonds is 4. The number of benzene rings is 1. The number of hydrogen-bond acceptors (Lipinski definition) is 5. The van der Waals surface area contributed by atoms with Crippen molar-refractivity contribution in [2.75, 3.05) is 11.8 Å². The fourth-order valence-corrected chi connectivity index (χ4v) is 2.85. The first-order valence-corrected chi connectivity index (χ1v) is 7.72. The minimum atomic E-state index is -4.10. The van der Waals surface area contributed by atoms with Crippen LogP contribution in [-0.4, -0.2) is 26.5 Å². The second kappa shape index (κ2) is 6.29. The molecule has 1 heterocycles. The van der Waals surface area contributed by atoms with Crippen molar-refractivity contribution in [2.24, 2.45) is 0 Å². The zero-order valence-electron chi connectivity index (χ0n) is 11.2. The number of esters is 1. The van der Waals surface area contributed by atoms with Gasteiger partial charge in [0.15, 0.2) is 0 Å². The maximum Gasteiger partial charge on any atom is 0.356 e. The molecule has 0 radical (unpaired) electrons. The first kappa shape index (κ1) is 16.2. The van der Waals surface area contributed by atoms with Crippen LogP contribution in [0.25, 0.3) is 0 Å². The van der Waals surface area contributed by atoms with E-state index in [0.29, 0.717) is 0 Å². The van der Waals surface area contributed by atoms with Crippen LogP contribution in [0.2, 0.25) is 5.02 Å². The number of ether oxygens (including phenoxy) is 1. The maximum absolute atomic E-state index is 13.6. The minimum absolute atomic E-state index is 0.0506. The number of carbonyl (C=O) groups is 1. The Bertz CT molecular complexity index is 789. The van der Waals surface area contributed by atoms with E-state index in [9.17, 15) is 17.6 Å². The molecule has 0 bridgehead atoms. The predicted octanol–water partition coefficient (Wildman–Crippen LogP) is 2.46. The molecule has 0 aliphatic carbocycles. The van der Waals surface area contributed by atoms with Crippen molar-refractivity contribution in [3.63, 3.8) is 0 Å². The molecule has 22 heavy (non-hydrogen) atoms. The molecular weight excluding hydrogens is 335 g/mol. The summed E-state index contributed by atoms with van der Waals surface area (Å²) >= 11 is 5.76. The van der Waals surface area contributed by atoms with E-state index >= 15 is 0 Å². The van der Waals surface area contributed by atoms with Gasteiger partial charge >= 0.3 is 5.97 Å². The normalized spacial score (nSPS) is 11.0. The van der Waals surface area contributed by atoms with Gasteiger partial charge in [0.1, 0.15) is 22.1 Å². The summed E-state index contributed by atoms with van der Waals surface area (Å²) in [7, 11) is -2.92. The van der Waals surface area contributed by atoms with Gasteiger partial charge in [0.2, 0.25) is 0 Å². The van der Waals surface area contributed by atoms with Crippen molar-refractivity contribution >= 4 is 33.3 Å². The van der Waals surface area contributed by atoms with Crippen LogP contribution in [0.4, 0.5) is 10.1 Å². The highest BCUT2D eigenvalue weighted by molar-refractivity contribution is 7.92. The minimum Gasteiger partial charge on any atom is -0.464 e. The van der Waals surface area contributed by atoms with E-state index in [1.54, 1.807) is 0 Å². The lowest BCUT2D eigenvalue weighted by atomic mass is 10.3. The summed E-state index contributed by atoms with van der Waals surface area (Å²) in [5.41, 5.74) is -0.411. The SMILES string of the molecule is COC(=O)c1ccc(S(=O)(=O)Nc2c(F)cccc2Cl)cn1. The fraction of sp³-hybridized carbons (Fsp3) is 0.0769. The van der Waals surface area contributed by atoms with Gasteiger partial charge in [-0.15, -0.1) is 0 Å². The molecule has 1 aromatic carbocycles. The average Bonchev–Trinajstić information content (AvgIpc) is 2.50. The van der Waals surface area contributed by atoms with Gasteiger partial charge in [-0.3, -0.25) is 4.72 Å².